The molecule has 0 bridgehead atoms. The first-order valence-electron chi connectivity index (χ1n) is 7.01. The predicted molar refractivity (Wildman–Crippen MR) is 84.3 cm³/mol. The Bertz CT molecular complexity index is 589. The lowest BCUT2D eigenvalue weighted by Crippen LogP contribution is -2.46. The second-order valence-electron chi connectivity index (χ2n) is 5.22. The van der Waals surface area contributed by atoms with Gasteiger partial charge in [-0.2, -0.15) is 0 Å². The highest BCUT2D eigenvalue weighted by Crippen LogP contribution is 2.24. The molecule has 1 aromatic carbocycles. The van der Waals surface area contributed by atoms with Gasteiger partial charge in [-0.3, -0.25) is 0 Å². The van der Waals surface area contributed by atoms with Crippen LogP contribution in [-0.2, 0) is 0 Å². The van der Waals surface area contributed by atoms with Crippen molar-refractivity contribution in [3.8, 4) is 0 Å². The highest BCUT2D eigenvalue weighted by atomic mass is 15.3. The van der Waals surface area contributed by atoms with Crippen LogP contribution >= 0.6 is 0 Å². The Labute approximate surface area is 119 Å². The number of nitrogens with zero attached hydrogens (tertiary/aromatic N) is 3. The van der Waals surface area contributed by atoms with Crippen molar-refractivity contribution in [3.05, 3.63) is 48.2 Å². The number of hydrogen-bond acceptors (Lipinski definition) is 4. The molecule has 20 heavy (non-hydrogen) atoms. The third-order valence-electron chi connectivity index (χ3n) is 3.80. The molecule has 4 nitrogen and oxygen atoms in total. The number of pyridine rings is 1. The Balaban J connectivity index is 1.70. The van der Waals surface area contributed by atoms with E-state index in [4.69, 9.17) is 5.73 Å². The van der Waals surface area contributed by atoms with Gasteiger partial charge in [0.1, 0.15) is 5.82 Å². The highest BCUT2D eigenvalue weighted by Gasteiger charge is 2.19. The Morgan fingerprint density at radius 3 is 2.45 bits per heavy atom. The molecular formula is C16H20N4. The number of hydrogen-bond donors (Lipinski definition) is 1. The summed E-state index contributed by atoms with van der Waals surface area (Å²) >= 11 is 0. The van der Waals surface area contributed by atoms with Crippen molar-refractivity contribution >= 4 is 17.2 Å². The summed E-state index contributed by atoms with van der Waals surface area (Å²) in [6, 6.07) is 12.7. The van der Waals surface area contributed by atoms with Crippen molar-refractivity contribution in [2.24, 2.45) is 0 Å². The van der Waals surface area contributed by atoms with Gasteiger partial charge in [0.05, 0.1) is 5.69 Å². The molecule has 0 amide bonds. The molecule has 2 heterocycles. The first kappa shape index (κ1) is 12.8. The fourth-order valence-corrected chi connectivity index (χ4v) is 2.71. The zero-order valence-corrected chi connectivity index (χ0v) is 11.8. The average molecular weight is 268 g/mol. The van der Waals surface area contributed by atoms with E-state index in [9.17, 15) is 0 Å². The minimum absolute atomic E-state index is 0.622. The van der Waals surface area contributed by atoms with Crippen LogP contribution in [0.25, 0.3) is 0 Å². The molecule has 0 saturated carbocycles. The van der Waals surface area contributed by atoms with E-state index in [2.05, 4.69) is 46.0 Å². The van der Waals surface area contributed by atoms with Crippen molar-refractivity contribution in [2.75, 3.05) is 41.7 Å². The van der Waals surface area contributed by atoms with Gasteiger partial charge in [0.25, 0.3) is 0 Å². The van der Waals surface area contributed by atoms with Gasteiger partial charge in [0.15, 0.2) is 0 Å². The normalized spacial score (nSPS) is 15.4. The molecule has 1 saturated heterocycles. The lowest BCUT2D eigenvalue weighted by molar-refractivity contribution is 0.653. The molecule has 4 heteroatoms. The second-order valence-corrected chi connectivity index (χ2v) is 5.22. The molecule has 0 spiro atoms. The van der Waals surface area contributed by atoms with Crippen LogP contribution in [0.1, 0.15) is 5.56 Å². The standard InChI is InChI=1S/C16H20N4/c1-13-4-2-5-14(12-13)19-8-10-20(11-9-19)15-6-3-7-18-16(15)17/h2-7,12H,8-11H2,1H3,(H2,17,18). The van der Waals surface area contributed by atoms with E-state index < -0.39 is 0 Å². The van der Waals surface area contributed by atoms with E-state index in [1.807, 2.05) is 12.1 Å². The first-order valence-corrected chi connectivity index (χ1v) is 7.01. The van der Waals surface area contributed by atoms with Crippen molar-refractivity contribution in [3.63, 3.8) is 0 Å². The zero-order chi connectivity index (χ0) is 13.9. The minimum atomic E-state index is 0.622. The summed E-state index contributed by atoms with van der Waals surface area (Å²) in [6.07, 6.45) is 1.74. The van der Waals surface area contributed by atoms with Gasteiger partial charge in [-0.25, -0.2) is 4.98 Å². The first-order chi connectivity index (χ1) is 9.74. The van der Waals surface area contributed by atoms with Crippen LogP contribution in [0, 0.1) is 6.92 Å². The number of aryl methyl sites for hydroxylation is 1. The van der Waals surface area contributed by atoms with E-state index in [1.165, 1.54) is 11.3 Å². The van der Waals surface area contributed by atoms with Crippen molar-refractivity contribution in [2.45, 2.75) is 6.92 Å². The second kappa shape index (κ2) is 5.41. The summed E-state index contributed by atoms with van der Waals surface area (Å²) < 4.78 is 0. The van der Waals surface area contributed by atoms with Gasteiger partial charge in [-0.15, -0.1) is 0 Å². The molecule has 3 rings (SSSR count). The van der Waals surface area contributed by atoms with Crippen LogP contribution in [0.4, 0.5) is 17.2 Å². The fraction of sp³-hybridized carbons (Fsp3) is 0.312. The quantitative estimate of drug-likeness (QED) is 0.907. The SMILES string of the molecule is Cc1cccc(N2CCN(c3cccnc3N)CC2)c1. The van der Waals surface area contributed by atoms with Crippen molar-refractivity contribution in [1.29, 1.82) is 0 Å². The lowest BCUT2D eigenvalue weighted by Gasteiger charge is -2.37. The topological polar surface area (TPSA) is 45.4 Å². The van der Waals surface area contributed by atoms with E-state index in [1.54, 1.807) is 6.20 Å². The number of nitrogens with two attached hydrogens (primary N) is 1. The number of anilines is 3. The van der Waals surface area contributed by atoms with Crippen molar-refractivity contribution in [1.82, 2.24) is 4.98 Å². The van der Waals surface area contributed by atoms with E-state index in [-0.39, 0.29) is 0 Å². The van der Waals surface area contributed by atoms with Gasteiger partial charge in [-0.05, 0) is 36.8 Å². The lowest BCUT2D eigenvalue weighted by atomic mass is 10.2. The Morgan fingerprint density at radius 1 is 1.00 bits per heavy atom. The number of piperazine rings is 1. The van der Waals surface area contributed by atoms with Gasteiger partial charge < -0.3 is 15.5 Å². The third-order valence-corrected chi connectivity index (χ3v) is 3.80. The molecular weight excluding hydrogens is 248 g/mol. The number of nitrogen functional groups attached to an aromatic ring is 1. The summed E-state index contributed by atoms with van der Waals surface area (Å²) in [7, 11) is 0. The van der Waals surface area contributed by atoms with Gasteiger partial charge in [0.2, 0.25) is 0 Å². The number of benzene rings is 1. The van der Waals surface area contributed by atoms with E-state index >= 15 is 0 Å². The van der Waals surface area contributed by atoms with Gasteiger partial charge >= 0.3 is 0 Å². The molecule has 1 fully saturated rings. The van der Waals surface area contributed by atoms with Crippen LogP contribution in [0.3, 0.4) is 0 Å². The summed E-state index contributed by atoms with van der Waals surface area (Å²) in [6.45, 7) is 6.11. The fourth-order valence-electron chi connectivity index (χ4n) is 2.71. The van der Waals surface area contributed by atoms with Gasteiger partial charge in [-0.1, -0.05) is 12.1 Å². The van der Waals surface area contributed by atoms with E-state index in [0.717, 1.165) is 31.9 Å². The maximum atomic E-state index is 5.95. The Hall–Kier alpha value is -2.23. The number of aromatic nitrogens is 1. The maximum absolute atomic E-state index is 5.95. The summed E-state index contributed by atoms with van der Waals surface area (Å²) in [4.78, 5) is 8.91. The molecule has 2 aromatic rings. The zero-order valence-electron chi connectivity index (χ0n) is 11.8. The summed E-state index contributed by atoms with van der Waals surface area (Å²) in [5.74, 6) is 0.622. The molecule has 0 radical (unpaired) electrons. The molecule has 0 aliphatic carbocycles. The Kier molecular flexibility index (Phi) is 3.46. The van der Waals surface area contributed by atoms with Crippen LogP contribution in [0.5, 0.6) is 0 Å². The molecule has 1 aromatic heterocycles. The number of rotatable bonds is 2. The smallest absolute Gasteiger partial charge is 0.146 e. The summed E-state index contributed by atoms with van der Waals surface area (Å²) in [5, 5.41) is 0. The van der Waals surface area contributed by atoms with Gasteiger partial charge in [0, 0.05) is 38.1 Å². The third kappa shape index (κ3) is 2.54. The molecule has 0 unspecified atom stereocenters. The molecule has 2 N–H and O–H groups in total. The highest BCUT2D eigenvalue weighted by molar-refractivity contribution is 5.64. The van der Waals surface area contributed by atoms with Crippen LogP contribution < -0.4 is 15.5 Å². The molecule has 1 aliphatic heterocycles. The van der Waals surface area contributed by atoms with E-state index in [0.29, 0.717) is 5.82 Å². The Morgan fingerprint density at radius 2 is 1.75 bits per heavy atom. The molecule has 1 aliphatic rings. The molecule has 0 atom stereocenters. The van der Waals surface area contributed by atoms with Crippen molar-refractivity contribution < 1.29 is 0 Å². The molecule has 104 valence electrons. The monoisotopic (exact) mass is 268 g/mol. The predicted octanol–water partition coefficient (Wildman–Crippen LogP) is 2.30. The minimum Gasteiger partial charge on any atom is -0.382 e. The summed E-state index contributed by atoms with van der Waals surface area (Å²) in [5.41, 5.74) is 9.62. The van der Waals surface area contributed by atoms with Crippen LogP contribution in [0.15, 0.2) is 42.6 Å². The maximum Gasteiger partial charge on any atom is 0.146 e. The average Bonchev–Trinajstić information content (AvgIpc) is 2.48. The largest absolute Gasteiger partial charge is 0.382 e. The van der Waals surface area contributed by atoms with Crippen LogP contribution in [0.2, 0.25) is 0 Å². The van der Waals surface area contributed by atoms with Crippen LogP contribution in [-0.4, -0.2) is 31.2 Å².